The van der Waals surface area contributed by atoms with E-state index in [2.05, 4.69) is 20.9 Å². The zero-order valence-corrected chi connectivity index (χ0v) is 18.8. The average molecular weight is 427 g/mol. The second-order valence-electron chi connectivity index (χ2n) is 6.21. The monoisotopic (exact) mass is 426 g/mol. The van der Waals surface area contributed by atoms with Crippen LogP contribution >= 0.6 is 0 Å². The molecule has 0 aromatic heterocycles. The Labute approximate surface area is 185 Å². The van der Waals surface area contributed by atoms with Crippen LogP contribution in [0.4, 0.5) is 0 Å². The maximum Gasteiger partial charge on any atom is 0.212 e. The second kappa shape index (κ2) is 15.5. The normalized spacial score (nSPS) is 14.0. The van der Waals surface area contributed by atoms with Gasteiger partial charge in [-0.2, -0.15) is 0 Å². The van der Waals surface area contributed by atoms with Crippen molar-refractivity contribution >= 4 is 12.1 Å². The molecular weight excluding hydrogens is 392 g/mol. The Balaban J connectivity index is 0.00000233. The third-order valence-corrected chi connectivity index (χ3v) is 4.34. The van der Waals surface area contributed by atoms with Gasteiger partial charge in [0.1, 0.15) is 11.6 Å². The van der Waals surface area contributed by atoms with Crippen LogP contribution in [0.25, 0.3) is 0 Å². The molecule has 0 spiro atoms. The number of amides is 1. The summed E-state index contributed by atoms with van der Waals surface area (Å²) in [7, 11) is 3.30. The van der Waals surface area contributed by atoms with Gasteiger partial charge in [0.15, 0.2) is 0 Å². The van der Waals surface area contributed by atoms with Gasteiger partial charge in [0.2, 0.25) is 6.41 Å². The third kappa shape index (κ3) is 8.92. The highest BCUT2D eigenvalue weighted by molar-refractivity contribution is 6.04. The topological polar surface area (TPSA) is 95.0 Å². The van der Waals surface area contributed by atoms with Crippen LogP contribution in [-0.4, -0.2) is 44.5 Å². The Morgan fingerprint density at radius 2 is 1.97 bits per heavy atom. The van der Waals surface area contributed by atoms with Gasteiger partial charge >= 0.3 is 0 Å². The Bertz CT molecular complexity index is 824. The summed E-state index contributed by atoms with van der Waals surface area (Å²) in [5, 5.41) is 18.6. The van der Waals surface area contributed by atoms with Crippen molar-refractivity contribution < 1.29 is 14.6 Å². The number of carbonyl (C=O) groups is 1. The van der Waals surface area contributed by atoms with Crippen molar-refractivity contribution in [1.29, 1.82) is 0 Å². The van der Waals surface area contributed by atoms with Gasteiger partial charge in [-0.05, 0) is 29.7 Å². The summed E-state index contributed by atoms with van der Waals surface area (Å²) < 4.78 is 5.33. The molecule has 0 fully saturated rings. The first-order valence-corrected chi connectivity index (χ1v) is 10.4. The van der Waals surface area contributed by atoms with Gasteiger partial charge in [0, 0.05) is 25.4 Å². The second-order valence-corrected chi connectivity index (χ2v) is 6.21. The molecule has 0 bridgehead atoms. The predicted octanol–water partition coefficient (Wildman–Crippen LogP) is 2.79. The van der Waals surface area contributed by atoms with Gasteiger partial charge in [-0.3, -0.25) is 9.79 Å². The zero-order valence-electron chi connectivity index (χ0n) is 18.8. The lowest BCUT2D eigenvalue weighted by Crippen LogP contribution is -2.32. The van der Waals surface area contributed by atoms with Crippen molar-refractivity contribution in [1.82, 2.24) is 16.0 Å². The zero-order chi connectivity index (χ0) is 22.9. The highest BCUT2D eigenvalue weighted by Gasteiger charge is 2.12. The summed E-state index contributed by atoms with van der Waals surface area (Å²) in [6.07, 6.45) is 8.82. The van der Waals surface area contributed by atoms with Gasteiger partial charge in [-0.25, -0.2) is 0 Å². The molecular formula is C24H34N4O3. The van der Waals surface area contributed by atoms with Crippen molar-refractivity contribution in [3.8, 4) is 0 Å². The van der Waals surface area contributed by atoms with Crippen LogP contribution in [0.1, 0.15) is 25.8 Å². The first-order chi connectivity index (χ1) is 15.2. The lowest BCUT2D eigenvalue weighted by atomic mass is 10.1. The lowest BCUT2D eigenvalue weighted by molar-refractivity contribution is -0.109. The SMILES string of the molecule is CC.CN=C(CN/C(=C/NCc1ccccc1)NC=O)C1=CCC=C(OC)C(CO)=C1. The number of methoxy groups -OCH3 is 1. The molecule has 1 amide bonds. The molecule has 1 aromatic rings. The highest BCUT2D eigenvalue weighted by Crippen LogP contribution is 2.19. The number of hydrogen-bond donors (Lipinski definition) is 4. The molecule has 7 heteroatoms. The van der Waals surface area contributed by atoms with Crippen molar-refractivity contribution in [2.24, 2.45) is 4.99 Å². The van der Waals surface area contributed by atoms with E-state index >= 15 is 0 Å². The molecule has 4 N–H and O–H groups in total. The average Bonchev–Trinajstić information content (AvgIpc) is 3.03. The van der Waals surface area contributed by atoms with Gasteiger partial charge < -0.3 is 25.8 Å². The molecule has 0 saturated heterocycles. The molecule has 0 atom stereocenters. The summed E-state index contributed by atoms with van der Waals surface area (Å²) >= 11 is 0. The van der Waals surface area contributed by atoms with Gasteiger partial charge in [-0.15, -0.1) is 0 Å². The highest BCUT2D eigenvalue weighted by atomic mass is 16.5. The van der Waals surface area contributed by atoms with Gasteiger partial charge in [0.05, 0.1) is 26.0 Å². The number of aliphatic hydroxyl groups is 1. The van der Waals surface area contributed by atoms with Crippen molar-refractivity contribution in [2.75, 3.05) is 27.3 Å². The quantitative estimate of drug-likeness (QED) is 0.322. The minimum absolute atomic E-state index is 0.122. The van der Waals surface area contributed by atoms with Crippen LogP contribution < -0.4 is 16.0 Å². The van der Waals surface area contributed by atoms with Crippen LogP contribution in [-0.2, 0) is 16.1 Å². The molecule has 31 heavy (non-hydrogen) atoms. The van der Waals surface area contributed by atoms with E-state index in [0.717, 1.165) is 16.8 Å². The first kappa shape index (κ1) is 25.7. The minimum atomic E-state index is -0.122. The molecule has 168 valence electrons. The van der Waals surface area contributed by atoms with Crippen LogP contribution in [0.3, 0.4) is 0 Å². The number of hydrogen-bond acceptors (Lipinski definition) is 6. The summed E-state index contributed by atoms with van der Waals surface area (Å²) in [4.78, 5) is 15.3. The molecule has 0 heterocycles. The molecule has 0 aliphatic heterocycles. The number of benzene rings is 1. The number of carbonyl (C=O) groups excluding carboxylic acids is 1. The number of aliphatic imine (C=N–C) groups is 1. The number of rotatable bonds is 11. The number of nitrogens with one attached hydrogen (secondary N) is 3. The van der Waals surface area contributed by atoms with Crippen LogP contribution in [0.5, 0.6) is 0 Å². The molecule has 1 aromatic carbocycles. The maximum atomic E-state index is 10.9. The summed E-state index contributed by atoms with van der Waals surface area (Å²) in [5.41, 5.74) is 3.53. The van der Waals surface area contributed by atoms with Crippen LogP contribution in [0.15, 0.2) is 82.5 Å². The Morgan fingerprint density at radius 3 is 2.58 bits per heavy atom. The van der Waals surface area contributed by atoms with E-state index in [-0.39, 0.29) is 6.61 Å². The fourth-order valence-corrected chi connectivity index (χ4v) is 2.84. The number of aliphatic hydroxyl groups excluding tert-OH is 1. The molecule has 0 radical (unpaired) electrons. The summed E-state index contributed by atoms with van der Waals surface area (Å²) in [6.45, 7) is 4.92. The fourth-order valence-electron chi connectivity index (χ4n) is 2.84. The maximum absolute atomic E-state index is 10.9. The first-order valence-electron chi connectivity index (χ1n) is 10.4. The van der Waals surface area contributed by atoms with Crippen LogP contribution in [0, 0.1) is 0 Å². The fraction of sp³-hybridized carbons (Fsp3) is 0.333. The van der Waals surface area contributed by atoms with Crippen molar-refractivity contribution in [3.63, 3.8) is 0 Å². The van der Waals surface area contributed by atoms with E-state index < -0.39 is 0 Å². The standard InChI is InChI=1S/C22H28N4O3.C2H6/c1-23-20(18-9-6-10-21(29-2)19(11-18)15-27)13-25-22(26-16-28)14-24-12-17-7-4-3-5-8-17;1-2/h3-5,7-11,14,16,24-25,27H,6,12-13,15H2,1-2H3,(H,26,28);1-2H3/b22-14-,23-20?;. The predicted molar refractivity (Wildman–Crippen MR) is 126 cm³/mol. The Hall–Kier alpha value is -3.32. The largest absolute Gasteiger partial charge is 0.497 e. The molecule has 7 nitrogen and oxygen atoms in total. The molecule has 2 rings (SSSR count). The smallest absolute Gasteiger partial charge is 0.212 e. The van der Waals surface area contributed by atoms with E-state index in [4.69, 9.17) is 4.74 Å². The molecule has 1 aliphatic carbocycles. The number of allylic oxidation sites excluding steroid dienone is 3. The van der Waals surface area contributed by atoms with Gasteiger partial charge in [-0.1, -0.05) is 50.3 Å². The number of nitrogens with zero attached hydrogens (tertiary/aromatic N) is 1. The van der Waals surface area contributed by atoms with E-state index in [0.29, 0.717) is 43.1 Å². The summed E-state index contributed by atoms with van der Waals surface area (Å²) in [5.74, 6) is 1.20. The van der Waals surface area contributed by atoms with Crippen molar-refractivity contribution in [2.45, 2.75) is 26.8 Å². The van der Waals surface area contributed by atoms with E-state index in [1.807, 2.05) is 62.4 Å². The van der Waals surface area contributed by atoms with Crippen molar-refractivity contribution in [3.05, 3.63) is 83.0 Å². The molecule has 1 aliphatic rings. The van der Waals surface area contributed by atoms with E-state index in [9.17, 15) is 9.90 Å². The Kier molecular flexibility index (Phi) is 12.9. The van der Waals surface area contributed by atoms with Gasteiger partial charge in [0.25, 0.3) is 0 Å². The van der Waals surface area contributed by atoms with E-state index in [1.54, 1.807) is 20.4 Å². The minimum Gasteiger partial charge on any atom is -0.497 e. The van der Waals surface area contributed by atoms with Crippen LogP contribution in [0.2, 0.25) is 0 Å². The summed E-state index contributed by atoms with van der Waals surface area (Å²) in [6, 6.07) is 9.97. The molecule has 0 unspecified atom stereocenters. The third-order valence-electron chi connectivity index (χ3n) is 4.34. The lowest BCUT2D eigenvalue weighted by Gasteiger charge is -2.14. The number of ether oxygens (including phenoxy) is 1. The van der Waals surface area contributed by atoms with E-state index in [1.165, 1.54) is 0 Å². The molecule has 0 saturated carbocycles. The Morgan fingerprint density at radius 1 is 1.23 bits per heavy atom.